The van der Waals surface area contributed by atoms with Gasteiger partial charge in [0.25, 0.3) is 0 Å². The van der Waals surface area contributed by atoms with Crippen molar-refractivity contribution in [3.63, 3.8) is 0 Å². The van der Waals surface area contributed by atoms with Gasteiger partial charge in [-0.1, -0.05) is 92.2 Å². The second kappa shape index (κ2) is 19.2. The number of esters is 3. The Balaban J connectivity index is 1.89. The molecule has 0 amide bonds. The first-order valence-electron chi connectivity index (χ1n) is 17.8. The van der Waals surface area contributed by atoms with Crippen LogP contribution in [0.1, 0.15) is 147 Å². The van der Waals surface area contributed by atoms with Gasteiger partial charge in [0.2, 0.25) is 0 Å². The standard InChI is InChI=1S/C39H54O8/c1-7-13-16-26(10-4)37(41)44-30-21-19-29(20-22-30)34-25-33(40)32-23-31(45-38(42)27(11-5)17-14-8-2)24-35(36(32)46-34)47-39(43)28(12-6)18-15-9-3/h19-24,26-28,34H,7-18,25H2,1-6H3/t26?,27?,28?,34-/m1/s1. The monoisotopic (exact) mass is 650 g/mol. The average molecular weight is 651 g/mol. The minimum Gasteiger partial charge on any atom is -0.481 e. The number of benzene rings is 2. The molecule has 3 unspecified atom stereocenters. The van der Waals surface area contributed by atoms with E-state index >= 15 is 0 Å². The van der Waals surface area contributed by atoms with E-state index in [1.165, 1.54) is 12.1 Å². The Hall–Kier alpha value is -3.68. The van der Waals surface area contributed by atoms with Crippen LogP contribution in [-0.2, 0) is 14.4 Å². The van der Waals surface area contributed by atoms with Crippen molar-refractivity contribution in [2.24, 2.45) is 17.8 Å². The van der Waals surface area contributed by atoms with E-state index in [2.05, 4.69) is 20.8 Å². The highest BCUT2D eigenvalue weighted by molar-refractivity contribution is 6.01. The minimum atomic E-state index is -0.654. The fraction of sp³-hybridized carbons (Fsp3) is 0.590. The molecule has 0 spiro atoms. The van der Waals surface area contributed by atoms with Crippen molar-refractivity contribution in [2.45, 2.75) is 131 Å². The van der Waals surface area contributed by atoms with Crippen molar-refractivity contribution < 1.29 is 38.1 Å². The predicted octanol–water partition coefficient (Wildman–Crippen LogP) is 9.76. The first kappa shape index (κ1) is 37.8. The number of fused-ring (bicyclic) bond motifs is 1. The van der Waals surface area contributed by atoms with E-state index in [0.717, 1.165) is 51.4 Å². The number of unbranched alkanes of at least 4 members (excludes halogenated alkanes) is 3. The summed E-state index contributed by atoms with van der Waals surface area (Å²) in [6.07, 6.45) is 9.27. The zero-order chi connectivity index (χ0) is 34.3. The van der Waals surface area contributed by atoms with Crippen LogP contribution in [0.25, 0.3) is 0 Å². The molecule has 4 atom stereocenters. The van der Waals surface area contributed by atoms with E-state index in [1.54, 1.807) is 24.3 Å². The second-order valence-electron chi connectivity index (χ2n) is 12.6. The quantitative estimate of drug-likeness (QED) is 0.109. The maximum atomic E-state index is 13.6. The van der Waals surface area contributed by atoms with E-state index in [-0.39, 0.29) is 64.7 Å². The van der Waals surface area contributed by atoms with Crippen molar-refractivity contribution >= 4 is 23.7 Å². The van der Waals surface area contributed by atoms with Gasteiger partial charge in [-0.25, -0.2) is 0 Å². The van der Waals surface area contributed by atoms with Gasteiger partial charge in [0, 0.05) is 6.07 Å². The summed E-state index contributed by atoms with van der Waals surface area (Å²) in [5.74, 6) is -1.16. The molecule has 258 valence electrons. The maximum absolute atomic E-state index is 13.6. The van der Waals surface area contributed by atoms with E-state index < -0.39 is 12.1 Å². The molecule has 0 aromatic heterocycles. The Labute approximate surface area is 280 Å². The van der Waals surface area contributed by atoms with Crippen molar-refractivity contribution in [1.82, 2.24) is 0 Å². The summed E-state index contributed by atoms with van der Waals surface area (Å²) in [6.45, 7) is 12.1. The van der Waals surface area contributed by atoms with Crippen molar-refractivity contribution in [3.8, 4) is 23.0 Å². The van der Waals surface area contributed by atoms with Gasteiger partial charge in [0.1, 0.15) is 17.6 Å². The molecule has 1 heterocycles. The average Bonchev–Trinajstić information content (AvgIpc) is 3.06. The molecule has 0 saturated heterocycles. The zero-order valence-electron chi connectivity index (χ0n) is 29.2. The van der Waals surface area contributed by atoms with Gasteiger partial charge in [-0.2, -0.15) is 0 Å². The van der Waals surface area contributed by atoms with Crippen LogP contribution in [0.3, 0.4) is 0 Å². The van der Waals surface area contributed by atoms with Crippen LogP contribution >= 0.6 is 0 Å². The van der Waals surface area contributed by atoms with E-state index in [9.17, 15) is 19.2 Å². The second-order valence-corrected chi connectivity index (χ2v) is 12.6. The molecule has 3 rings (SSSR count). The van der Waals surface area contributed by atoms with Gasteiger partial charge < -0.3 is 18.9 Å². The highest BCUT2D eigenvalue weighted by Crippen LogP contribution is 2.44. The molecule has 0 radical (unpaired) electrons. The Morgan fingerprint density at radius 1 is 0.681 bits per heavy atom. The van der Waals surface area contributed by atoms with E-state index in [0.29, 0.717) is 37.0 Å². The third-order valence-corrected chi connectivity index (χ3v) is 9.06. The van der Waals surface area contributed by atoms with E-state index in [1.807, 2.05) is 20.8 Å². The minimum absolute atomic E-state index is 0.0357. The molecule has 1 aliphatic rings. The maximum Gasteiger partial charge on any atom is 0.314 e. The molecule has 0 saturated carbocycles. The molecule has 47 heavy (non-hydrogen) atoms. The summed E-state index contributed by atoms with van der Waals surface area (Å²) in [5, 5.41) is 0. The summed E-state index contributed by atoms with van der Waals surface area (Å²) >= 11 is 0. The SMILES string of the molecule is CCCCC(CC)C(=O)Oc1ccc([C@H]2CC(=O)c3cc(OC(=O)C(CC)CCCC)cc(OC(=O)C(CC)CCCC)c3O2)cc1. The fourth-order valence-corrected chi connectivity index (χ4v) is 5.85. The van der Waals surface area contributed by atoms with Gasteiger partial charge in [-0.15, -0.1) is 0 Å². The Kier molecular flexibility index (Phi) is 15.4. The lowest BCUT2D eigenvalue weighted by Gasteiger charge is -2.28. The molecule has 2 aromatic rings. The largest absolute Gasteiger partial charge is 0.481 e. The smallest absolute Gasteiger partial charge is 0.314 e. The number of ether oxygens (including phenoxy) is 4. The molecular weight excluding hydrogens is 596 g/mol. The molecule has 0 bridgehead atoms. The molecule has 1 aliphatic heterocycles. The number of carbonyl (C=O) groups is 4. The highest BCUT2D eigenvalue weighted by atomic mass is 16.6. The number of hydrogen-bond donors (Lipinski definition) is 0. The molecular formula is C39H54O8. The highest BCUT2D eigenvalue weighted by Gasteiger charge is 2.33. The van der Waals surface area contributed by atoms with Crippen LogP contribution in [0, 0.1) is 17.8 Å². The fourth-order valence-electron chi connectivity index (χ4n) is 5.85. The molecule has 0 N–H and O–H groups in total. The van der Waals surface area contributed by atoms with Gasteiger partial charge in [0.15, 0.2) is 17.3 Å². The normalized spacial score (nSPS) is 16.0. The number of rotatable bonds is 19. The first-order chi connectivity index (χ1) is 22.7. The third-order valence-electron chi connectivity index (χ3n) is 9.06. The lowest BCUT2D eigenvalue weighted by atomic mass is 9.95. The number of Topliss-reactive ketones (excluding diaryl/α,β-unsaturated/α-hetero) is 1. The van der Waals surface area contributed by atoms with Crippen LogP contribution in [0.5, 0.6) is 23.0 Å². The van der Waals surface area contributed by atoms with E-state index in [4.69, 9.17) is 18.9 Å². The lowest BCUT2D eigenvalue weighted by Crippen LogP contribution is -2.25. The topological polar surface area (TPSA) is 105 Å². The van der Waals surface area contributed by atoms with Crippen LogP contribution < -0.4 is 18.9 Å². The summed E-state index contributed by atoms with van der Waals surface area (Å²) in [4.78, 5) is 52.7. The number of carbonyl (C=O) groups excluding carboxylic acids is 4. The summed E-state index contributed by atoms with van der Waals surface area (Å²) in [5.41, 5.74) is 0.923. The van der Waals surface area contributed by atoms with Gasteiger partial charge >= 0.3 is 17.9 Å². The van der Waals surface area contributed by atoms with Crippen LogP contribution in [-0.4, -0.2) is 23.7 Å². The Morgan fingerprint density at radius 3 is 1.62 bits per heavy atom. The van der Waals surface area contributed by atoms with Crippen LogP contribution in [0.4, 0.5) is 0 Å². The Morgan fingerprint density at radius 2 is 1.15 bits per heavy atom. The van der Waals surface area contributed by atoms with Crippen molar-refractivity contribution in [1.29, 1.82) is 0 Å². The number of hydrogen-bond acceptors (Lipinski definition) is 8. The van der Waals surface area contributed by atoms with Gasteiger partial charge in [0.05, 0.1) is 29.7 Å². The summed E-state index contributed by atoms with van der Waals surface area (Å²) < 4.78 is 23.7. The first-order valence-corrected chi connectivity index (χ1v) is 17.8. The molecule has 0 fully saturated rings. The van der Waals surface area contributed by atoms with Crippen molar-refractivity contribution in [2.75, 3.05) is 0 Å². The molecule has 8 nitrogen and oxygen atoms in total. The molecule has 2 aromatic carbocycles. The Bertz CT molecular complexity index is 1330. The molecule has 8 heteroatoms. The summed E-state index contributed by atoms with van der Waals surface area (Å²) in [6, 6.07) is 9.95. The zero-order valence-corrected chi connectivity index (χ0v) is 29.2. The summed E-state index contributed by atoms with van der Waals surface area (Å²) in [7, 11) is 0. The van der Waals surface area contributed by atoms with Gasteiger partial charge in [-0.05, 0) is 62.3 Å². The van der Waals surface area contributed by atoms with Crippen LogP contribution in [0.2, 0.25) is 0 Å². The predicted molar refractivity (Wildman–Crippen MR) is 182 cm³/mol. The number of ketones is 1. The lowest BCUT2D eigenvalue weighted by molar-refractivity contribution is -0.140. The van der Waals surface area contributed by atoms with Crippen molar-refractivity contribution in [3.05, 3.63) is 47.5 Å². The van der Waals surface area contributed by atoms with Gasteiger partial charge in [-0.3, -0.25) is 19.2 Å². The molecule has 0 aliphatic carbocycles. The third kappa shape index (κ3) is 10.7. The van der Waals surface area contributed by atoms with Crippen LogP contribution in [0.15, 0.2) is 36.4 Å².